The van der Waals surface area contributed by atoms with Gasteiger partial charge in [-0.05, 0) is 18.2 Å². The fraction of sp³-hybridized carbons (Fsp3) is 0. The van der Waals surface area contributed by atoms with Crippen molar-refractivity contribution in [1.29, 1.82) is 0 Å². The second kappa shape index (κ2) is 4.84. The summed E-state index contributed by atoms with van der Waals surface area (Å²) in [6.07, 6.45) is 7.04. The Morgan fingerprint density at radius 2 is 1.61 bits per heavy atom. The molecule has 5 heteroatoms. The molecule has 3 aromatic heterocycles. The number of rotatable bonds is 2. The van der Waals surface area contributed by atoms with Crippen LogP contribution in [-0.4, -0.2) is 15.0 Å². The van der Waals surface area contributed by atoms with Crippen LogP contribution < -0.4 is 0 Å². The molecule has 0 spiro atoms. The Hall–Kier alpha value is -1.78. The molecule has 3 nitrogen and oxygen atoms in total. The SMILES string of the molecule is Clc1nc(-c2cccnc2)sc1-c1cccnc1. The third kappa shape index (κ3) is 2.12. The van der Waals surface area contributed by atoms with Crippen LogP contribution in [0.5, 0.6) is 0 Å². The number of hydrogen-bond acceptors (Lipinski definition) is 4. The molecule has 3 rings (SSSR count). The van der Waals surface area contributed by atoms with Crippen LogP contribution in [0.1, 0.15) is 0 Å². The van der Waals surface area contributed by atoms with Gasteiger partial charge in [-0.2, -0.15) is 0 Å². The topological polar surface area (TPSA) is 38.7 Å². The standard InChI is InChI=1S/C13H8ClN3S/c14-12-11(9-3-1-5-15-7-9)18-13(17-12)10-4-2-6-16-8-10/h1-8H. The normalized spacial score (nSPS) is 10.5. The molecule has 0 unspecified atom stereocenters. The van der Waals surface area contributed by atoms with Crippen LogP contribution in [0, 0.1) is 0 Å². The number of thiazole rings is 1. The van der Waals surface area contributed by atoms with Crippen molar-refractivity contribution in [2.75, 3.05) is 0 Å². The first-order valence-electron chi connectivity index (χ1n) is 5.32. The van der Waals surface area contributed by atoms with E-state index in [2.05, 4.69) is 15.0 Å². The van der Waals surface area contributed by atoms with Gasteiger partial charge in [-0.25, -0.2) is 4.98 Å². The third-order valence-electron chi connectivity index (χ3n) is 2.42. The van der Waals surface area contributed by atoms with Gasteiger partial charge >= 0.3 is 0 Å². The van der Waals surface area contributed by atoms with Crippen LogP contribution in [0.25, 0.3) is 21.0 Å². The van der Waals surface area contributed by atoms with E-state index >= 15 is 0 Å². The lowest BCUT2D eigenvalue weighted by molar-refractivity contribution is 1.31. The quantitative estimate of drug-likeness (QED) is 0.710. The van der Waals surface area contributed by atoms with E-state index in [9.17, 15) is 0 Å². The van der Waals surface area contributed by atoms with Crippen molar-refractivity contribution in [2.24, 2.45) is 0 Å². The van der Waals surface area contributed by atoms with Crippen LogP contribution in [-0.2, 0) is 0 Å². The highest BCUT2D eigenvalue weighted by Crippen LogP contribution is 2.37. The summed E-state index contributed by atoms with van der Waals surface area (Å²) >= 11 is 7.72. The average Bonchev–Trinajstić information content (AvgIpc) is 2.83. The molecule has 3 heterocycles. The highest BCUT2D eigenvalue weighted by atomic mass is 35.5. The molecule has 0 aromatic carbocycles. The molecule has 3 aromatic rings. The molecule has 0 aliphatic carbocycles. The summed E-state index contributed by atoms with van der Waals surface area (Å²) in [6, 6.07) is 7.71. The summed E-state index contributed by atoms with van der Waals surface area (Å²) in [5.74, 6) is 0. The first-order valence-corrected chi connectivity index (χ1v) is 6.51. The predicted octanol–water partition coefficient (Wildman–Crippen LogP) is 3.92. The molecule has 0 atom stereocenters. The van der Waals surface area contributed by atoms with Crippen LogP contribution in [0.2, 0.25) is 5.15 Å². The lowest BCUT2D eigenvalue weighted by atomic mass is 10.2. The lowest BCUT2D eigenvalue weighted by Gasteiger charge is -1.94. The first-order chi connectivity index (χ1) is 8.84. The molecule has 88 valence electrons. The lowest BCUT2D eigenvalue weighted by Crippen LogP contribution is -1.76. The molecule has 0 saturated carbocycles. The van der Waals surface area contributed by atoms with Crippen molar-refractivity contribution in [3.63, 3.8) is 0 Å². The van der Waals surface area contributed by atoms with Crippen molar-refractivity contribution in [2.45, 2.75) is 0 Å². The zero-order chi connectivity index (χ0) is 12.4. The second-order valence-electron chi connectivity index (χ2n) is 3.62. The molecule has 0 N–H and O–H groups in total. The highest BCUT2D eigenvalue weighted by molar-refractivity contribution is 7.19. The minimum absolute atomic E-state index is 0.506. The van der Waals surface area contributed by atoms with Gasteiger partial charge in [-0.15, -0.1) is 11.3 Å². The summed E-state index contributed by atoms with van der Waals surface area (Å²) in [4.78, 5) is 13.5. The van der Waals surface area contributed by atoms with E-state index in [-0.39, 0.29) is 0 Å². The maximum Gasteiger partial charge on any atom is 0.148 e. The Morgan fingerprint density at radius 1 is 0.944 bits per heavy atom. The van der Waals surface area contributed by atoms with E-state index in [4.69, 9.17) is 11.6 Å². The van der Waals surface area contributed by atoms with Crippen molar-refractivity contribution >= 4 is 22.9 Å². The first kappa shape index (κ1) is 11.3. The van der Waals surface area contributed by atoms with Crippen molar-refractivity contribution in [1.82, 2.24) is 15.0 Å². The smallest absolute Gasteiger partial charge is 0.148 e. The summed E-state index contributed by atoms with van der Waals surface area (Å²) in [5, 5.41) is 1.37. The number of halogens is 1. The average molecular weight is 274 g/mol. The number of pyridine rings is 2. The molecule has 0 fully saturated rings. The van der Waals surface area contributed by atoms with Crippen molar-refractivity contribution in [3.05, 3.63) is 54.2 Å². The summed E-state index contributed by atoms with van der Waals surface area (Å²) in [7, 11) is 0. The van der Waals surface area contributed by atoms with Gasteiger partial charge in [0.2, 0.25) is 0 Å². The summed E-state index contributed by atoms with van der Waals surface area (Å²) < 4.78 is 0. The minimum Gasteiger partial charge on any atom is -0.264 e. The molecule has 0 aliphatic heterocycles. The Morgan fingerprint density at radius 3 is 2.22 bits per heavy atom. The van der Waals surface area contributed by atoms with Gasteiger partial charge in [-0.1, -0.05) is 17.7 Å². The Labute approximate surface area is 113 Å². The van der Waals surface area contributed by atoms with Crippen LogP contribution in [0.4, 0.5) is 0 Å². The Bertz CT molecular complexity index is 653. The van der Waals surface area contributed by atoms with E-state index in [0.29, 0.717) is 5.15 Å². The van der Waals surface area contributed by atoms with Crippen LogP contribution >= 0.6 is 22.9 Å². The van der Waals surface area contributed by atoms with Crippen molar-refractivity contribution in [3.8, 4) is 21.0 Å². The van der Waals surface area contributed by atoms with Gasteiger partial charge < -0.3 is 0 Å². The third-order valence-corrected chi connectivity index (χ3v) is 3.96. The molecule has 0 radical (unpaired) electrons. The zero-order valence-electron chi connectivity index (χ0n) is 9.25. The predicted molar refractivity (Wildman–Crippen MR) is 73.6 cm³/mol. The molecule has 0 bridgehead atoms. The summed E-state index contributed by atoms with van der Waals surface area (Å²) in [6.45, 7) is 0. The second-order valence-corrected chi connectivity index (χ2v) is 4.98. The molecule has 18 heavy (non-hydrogen) atoms. The van der Waals surface area contributed by atoms with Gasteiger partial charge in [0.1, 0.15) is 10.2 Å². The zero-order valence-corrected chi connectivity index (χ0v) is 10.8. The van der Waals surface area contributed by atoms with E-state index in [1.54, 1.807) is 36.1 Å². The van der Waals surface area contributed by atoms with Gasteiger partial charge in [0, 0.05) is 35.9 Å². The molecular weight excluding hydrogens is 266 g/mol. The van der Waals surface area contributed by atoms with Crippen LogP contribution in [0.15, 0.2) is 49.1 Å². The number of nitrogens with zero attached hydrogens (tertiary/aromatic N) is 3. The van der Waals surface area contributed by atoms with E-state index in [1.165, 1.54) is 0 Å². The highest BCUT2D eigenvalue weighted by Gasteiger charge is 2.12. The number of aromatic nitrogens is 3. The minimum atomic E-state index is 0.506. The Balaban J connectivity index is 2.07. The fourth-order valence-electron chi connectivity index (χ4n) is 1.59. The van der Waals surface area contributed by atoms with Gasteiger partial charge in [0.15, 0.2) is 0 Å². The van der Waals surface area contributed by atoms with E-state index in [0.717, 1.165) is 21.0 Å². The molecule has 0 amide bonds. The maximum absolute atomic E-state index is 6.18. The largest absolute Gasteiger partial charge is 0.264 e. The molecule has 0 aliphatic rings. The monoisotopic (exact) mass is 273 g/mol. The van der Waals surface area contributed by atoms with Crippen molar-refractivity contribution < 1.29 is 0 Å². The van der Waals surface area contributed by atoms with E-state index < -0.39 is 0 Å². The molecule has 0 saturated heterocycles. The number of hydrogen-bond donors (Lipinski definition) is 0. The maximum atomic E-state index is 6.18. The summed E-state index contributed by atoms with van der Waals surface area (Å²) in [5.41, 5.74) is 1.95. The van der Waals surface area contributed by atoms with Crippen LogP contribution in [0.3, 0.4) is 0 Å². The van der Waals surface area contributed by atoms with Gasteiger partial charge in [-0.3, -0.25) is 9.97 Å². The fourth-order valence-corrected chi connectivity index (χ4v) is 2.89. The van der Waals surface area contributed by atoms with Gasteiger partial charge in [0.25, 0.3) is 0 Å². The van der Waals surface area contributed by atoms with Gasteiger partial charge in [0.05, 0.1) is 4.88 Å². The molecular formula is C13H8ClN3S. The Kier molecular flexibility index (Phi) is 3.04. The van der Waals surface area contributed by atoms with E-state index in [1.807, 2.05) is 24.3 Å².